The molecule has 0 aliphatic rings. The molecule has 0 aliphatic carbocycles. The lowest BCUT2D eigenvalue weighted by atomic mass is 10.1. The van der Waals surface area contributed by atoms with E-state index in [1.165, 1.54) is 0 Å². The van der Waals surface area contributed by atoms with Crippen LogP contribution in [0.15, 0.2) is 54.6 Å². The molecule has 114 valence electrons. The van der Waals surface area contributed by atoms with Gasteiger partial charge in [0.1, 0.15) is 6.61 Å². The van der Waals surface area contributed by atoms with Gasteiger partial charge in [-0.05, 0) is 23.3 Å². The molecule has 0 saturated carbocycles. The summed E-state index contributed by atoms with van der Waals surface area (Å²) in [5.74, 6) is -0.348. The van der Waals surface area contributed by atoms with Gasteiger partial charge in [-0.2, -0.15) is 0 Å². The van der Waals surface area contributed by atoms with Gasteiger partial charge in [0.2, 0.25) is 5.91 Å². The van der Waals surface area contributed by atoms with Crippen LogP contribution in [-0.2, 0) is 22.6 Å². The molecule has 5 nitrogen and oxygen atoms in total. The van der Waals surface area contributed by atoms with E-state index in [9.17, 15) is 9.59 Å². The molecule has 0 atom stereocenters. The van der Waals surface area contributed by atoms with E-state index in [1.54, 1.807) is 24.3 Å². The summed E-state index contributed by atoms with van der Waals surface area (Å²) in [5.41, 5.74) is 6.14. The third-order valence-electron chi connectivity index (χ3n) is 2.79. The van der Waals surface area contributed by atoms with Gasteiger partial charge in [0.25, 0.3) is 0 Å². The first-order valence-corrected chi connectivity index (χ1v) is 7.01. The van der Waals surface area contributed by atoms with Crippen molar-refractivity contribution in [1.29, 1.82) is 0 Å². The highest BCUT2D eigenvalue weighted by molar-refractivity contribution is 6.30. The second kappa shape index (κ2) is 8.05. The molecular formula is C16H15ClN2O3. The number of halogens is 1. The average molecular weight is 319 g/mol. The molecule has 22 heavy (non-hydrogen) atoms. The number of ether oxygens (including phenoxy) is 1. The van der Waals surface area contributed by atoms with E-state index in [1.807, 2.05) is 30.3 Å². The normalized spacial score (nSPS) is 9.86. The van der Waals surface area contributed by atoms with E-state index in [-0.39, 0.29) is 18.9 Å². The van der Waals surface area contributed by atoms with Crippen molar-refractivity contribution in [1.82, 2.24) is 10.9 Å². The third kappa shape index (κ3) is 5.46. The zero-order valence-electron chi connectivity index (χ0n) is 11.7. The van der Waals surface area contributed by atoms with E-state index in [0.717, 1.165) is 11.1 Å². The summed E-state index contributed by atoms with van der Waals surface area (Å²) < 4.78 is 4.96. The smallest absolute Gasteiger partial charge is 0.426 e. The molecule has 0 heterocycles. The summed E-state index contributed by atoms with van der Waals surface area (Å²) in [6.45, 7) is 0.139. The van der Waals surface area contributed by atoms with Gasteiger partial charge in [0, 0.05) is 5.02 Å². The summed E-state index contributed by atoms with van der Waals surface area (Å²) in [5, 5.41) is 0.603. The van der Waals surface area contributed by atoms with E-state index in [2.05, 4.69) is 10.9 Å². The van der Waals surface area contributed by atoms with Crippen molar-refractivity contribution in [2.24, 2.45) is 0 Å². The Morgan fingerprint density at radius 2 is 1.59 bits per heavy atom. The van der Waals surface area contributed by atoms with Crippen molar-refractivity contribution in [2.75, 3.05) is 0 Å². The summed E-state index contributed by atoms with van der Waals surface area (Å²) in [6, 6.07) is 16.1. The quantitative estimate of drug-likeness (QED) is 0.852. The number of rotatable bonds is 4. The highest BCUT2D eigenvalue weighted by Crippen LogP contribution is 2.09. The Hall–Kier alpha value is -2.53. The Kier molecular flexibility index (Phi) is 5.80. The minimum atomic E-state index is -0.715. The fraction of sp³-hybridized carbons (Fsp3) is 0.125. The summed E-state index contributed by atoms with van der Waals surface area (Å²) >= 11 is 5.76. The molecular weight excluding hydrogens is 304 g/mol. The molecule has 0 bridgehead atoms. The standard InChI is InChI=1S/C16H15ClN2O3/c17-14-8-6-12(7-9-14)10-15(20)18-19-16(21)22-11-13-4-2-1-3-5-13/h1-9H,10-11H2,(H,18,20)(H,19,21). The summed E-state index contributed by atoms with van der Waals surface area (Å²) in [6.07, 6.45) is -0.579. The first-order valence-electron chi connectivity index (χ1n) is 6.63. The number of hydrazine groups is 1. The lowest BCUT2D eigenvalue weighted by molar-refractivity contribution is -0.121. The molecule has 2 aromatic rings. The van der Waals surface area contributed by atoms with Crippen molar-refractivity contribution < 1.29 is 14.3 Å². The van der Waals surface area contributed by atoms with Crippen molar-refractivity contribution >= 4 is 23.6 Å². The van der Waals surface area contributed by atoms with Crippen LogP contribution in [0.4, 0.5) is 4.79 Å². The maximum absolute atomic E-state index is 11.7. The lowest BCUT2D eigenvalue weighted by Gasteiger charge is -2.08. The largest absolute Gasteiger partial charge is 0.443 e. The van der Waals surface area contributed by atoms with Gasteiger partial charge in [-0.25, -0.2) is 10.2 Å². The van der Waals surface area contributed by atoms with Gasteiger partial charge in [-0.15, -0.1) is 0 Å². The zero-order chi connectivity index (χ0) is 15.8. The maximum atomic E-state index is 11.7. The lowest BCUT2D eigenvalue weighted by Crippen LogP contribution is -2.42. The van der Waals surface area contributed by atoms with Crippen LogP contribution < -0.4 is 10.9 Å². The maximum Gasteiger partial charge on any atom is 0.426 e. The number of hydrogen-bond acceptors (Lipinski definition) is 3. The molecule has 0 aromatic heterocycles. The fourth-order valence-corrected chi connectivity index (χ4v) is 1.84. The third-order valence-corrected chi connectivity index (χ3v) is 3.05. The number of amides is 2. The highest BCUT2D eigenvalue weighted by atomic mass is 35.5. The Bertz CT molecular complexity index is 630. The van der Waals surface area contributed by atoms with Gasteiger partial charge in [-0.1, -0.05) is 54.1 Å². The van der Waals surface area contributed by atoms with Crippen molar-refractivity contribution in [3.63, 3.8) is 0 Å². The van der Waals surface area contributed by atoms with Crippen LogP contribution in [0.2, 0.25) is 5.02 Å². The first kappa shape index (κ1) is 15.9. The minimum Gasteiger partial charge on any atom is -0.443 e. The van der Waals surface area contributed by atoms with E-state index in [4.69, 9.17) is 16.3 Å². The van der Waals surface area contributed by atoms with Crippen molar-refractivity contribution in [3.05, 3.63) is 70.7 Å². The molecule has 0 unspecified atom stereocenters. The van der Waals surface area contributed by atoms with Crippen LogP contribution in [0.3, 0.4) is 0 Å². The van der Waals surface area contributed by atoms with Gasteiger partial charge in [0.05, 0.1) is 6.42 Å². The topological polar surface area (TPSA) is 67.4 Å². The molecule has 0 spiro atoms. The summed E-state index contributed by atoms with van der Waals surface area (Å²) in [7, 11) is 0. The molecule has 2 aromatic carbocycles. The van der Waals surface area contributed by atoms with Crippen LogP contribution in [0.1, 0.15) is 11.1 Å². The van der Waals surface area contributed by atoms with Gasteiger partial charge < -0.3 is 4.74 Å². The number of nitrogens with one attached hydrogen (secondary N) is 2. The monoisotopic (exact) mass is 318 g/mol. The van der Waals surface area contributed by atoms with Crippen LogP contribution in [0, 0.1) is 0 Å². The average Bonchev–Trinajstić information content (AvgIpc) is 2.54. The Morgan fingerprint density at radius 3 is 2.27 bits per heavy atom. The number of benzene rings is 2. The van der Waals surface area contributed by atoms with Crippen LogP contribution >= 0.6 is 11.6 Å². The molecule has 2 rings (SSSR count). The number of carbonyl (C=O) groups is 2. The predicted octanol–water partition coefficient (Wildman–Crippen LogP) is 2.84. The van der Waals surface area contributed by atoms with Gasteiger partial charge >= 0.3 is 6.09 Å². The Balaban J connectivity index is 1.69. The molecule has 0 saturated heterocycles. The van der Waals surface area contributed by atoms with Crippen LogP contribution in [0.25, 0.3) is 0 Å². The zero-order valence-corrected chi connectivity index (χ0v) is 12.5. The number of carbonyl (C=O) groups excluding carboxylic acids is 2. The molecule has 2 amide bonds. The minimum absolute atomic E-state index is 0.135. The predicted molar refractivity (Wildman–Crippen MR) is 83.1 cm³/mol. The van der Waals surface area contributed by atoms with E-state index in [0.29, 0.717) is 5.02 Å². The number of hydrogen-bond donors (Lipinski definition) is 2. The van der Waals surface area contributed by atoms with Crippen LogP contribution in [-0.4, -0.2) is 12.0 Å². The van der Waals surface area contributed by atoms with Gasteiger partial charge in [0.15, 0.2) is 0 Å². The van der Waals surface area contributed by atoms with E-state index < -0.39 is 6.09 Å². The highest BCUT2D eigenvalue weighted by Gasteiger charge is 2.06. The summed E-state index contributed by atoms with van der Waals surface area (Å²) in [4.78, 5) is 23.1. The fourth-order valence-electron chi connectivity index (χ4n) is 1.71. The Morgan fingerprint density at radius 1 is 0.909 bits per heavy atom. The van der Waals surface area contributed by atoms with Crippen LogP contribution in [0.5, 0.6) is 0 Å². The van der Waals surface area contributed by atoms with Gasteiger partial charge in [-0.3, -0.25) is 10.2 Å². The first-order chi connectivity index (χ1) is 10.6. The van der Waals surface area contributed by atoms with Crippen molar-refractivity contribution in [3.8, 4) is 0 Å². The van der Waals surface area contributed by atoms with Crippen molar-refractivity contribution in [2.45, 2.75) is 13.0 Å². The SMILES string of the molecule is O=C(Cc1ccc(Cl)cc1)NNC(=O)OCc1ccccc1. The van der Waals surface area contributed by atoms with E-state index >= 15 is 0 Å². The molecule has 0 radical (unpaired) electrons. The molecule has 2 N–H and O–H groups in total. The second-order valence-corrected chi connectivity index (χ2v) is 4.97. The molecule has 6 heteroatoms. The second-order valence-electron chi connectivity index (χ2n) is 4.54. The molecule has 0 aliphatic heterocycles. The Labute approximate surface area is 133 Å². The molecule has 0 fully saturated rings.